The average molecular weight is 367 g/mol. The zero-order valence-corrected chi connectivity index (χ0v) is 16.8. The Kier molecular flexibility index (Phi) is 7.59. The van der Waals surface area contributed by atoms with Gasteiger partial charge in [0.2, 0.25) is 11.8 Å². The highest BCUT2D eigenvalue weighted by Gasteiger charge is 2.19. The lowest BCUT2D eigenvalue weighted by Gasteiger charge is -2.27. The molecular weight excluding hydrogens is 336 g/mol. The van der Waals surface area contributed by atoms with E-state index in [4.69, 9.17) is 0 Å². The van der Waals surface area contributed by atoms with Crippen molar-refractivity contribution >= 4 is 17.5 Å². The molecular formula is C23H30N2O2. The third kappa shape index (κ3) is 5.95. The predicted molar refractivity (Wildman–Crippen MR) is 111 cm³/mol. The van der Waals surface area contributed by atoms with Crippen molar-refractivity contribution in [2.45, 2.75) is 46.5 Å². The third-order valence-corrected chi connectivity index (χ3v) is 4.68. The van der Waals surface area contributed by atoms with Crippen LogP contribution in [-0.2, 0) is 16.0 Å². The highest BCUT2D eigenvalue weighted by atomic mass is 16.2. The van der Waals surface area contributed by atoms with Crippen LogP contribution in [0, 0.1) is 6.92 Å². The van der Waals surface area contributed by atoms with E-state index in [-0.39, 0.29) is 11.8 Å². The van der Waals surface area contributed by atoms with E-state index >= 15 is 0 Å². The number of rotatable bonds is 8. The molecule has 0 radical (unpaired) electrons. The summed E-state index contributed by atoms with van der Waals surface area (Å²) in [7, 11) is 0. The minimum atomic E-state index is -0.00951. The minimum Gasteiger partial charge on any atom is -0.354 e. The van der Waals surface area contributed by atoms with E-state index in [1.54, 1.807) is 11.8 Å². The van der Waals surface area contributed by atoms with Crippen molar-refractivity contribution in [3.8, 4) is 0 Å². The van der Waals surface area contributed by atoms with Gasteiger partial charge in [0.05, 0.1) is 5.69 Å². The van der Waals surface area contributed by atoms with Crippen LogP contribution in [0.15, 0.2) is 48.5 Å². The molecule has 0 unspecified atom stereocenters. The Labute approximate surface area is 162 Å². The molecule has 0 aliphatic rings. The Morgan fingerprint density at radius 1 is 1.04 bits per heavy atom. The molecule has 2 rings (SSSR count). The number of carbonyl (C=O) groups excluding carboxylic acids is 2. The van der Waals surface area contributed by atoms with Crippen molar-refractivity contribution in [2.75, 3.05) is 18.0 Å². The molecule has 0 atom stereocenters. The Morgan fingerprint density at radius 3 is 2.37 bits per heavy atom. The number of amides is 2. The molecule has 0 saturated carbocycles. The highest BCUT2D eigenvalue weighted by molar-refractivity contribution is 5.93. The number of carbonyl (C=O) groups is 2. The molecule has 0 heterocycles. The second-order valence-electron chi connectivity index (χ2n) is 7.17. The molecule has 2 amide bonds. The smallest absolute Gasteiger partial charge is 0.223 e. The maximum absolute atomic E-state index is 12.3. The molecule has 4 nitrogen and oxygen atoms in total. The number of nitrogens with one attached hydrogen (secondary N) is 1. The van der Waals surface area contributed by atoms with Gasteiger partial charge >= 0.3 is 0 Å². The maximum Gasteiger partial charge on any atom is 0.223 e. The van der Waals surface area contributed by atoms with Crippen LogP contribution >= 0.6 is 0 Å². The maximum atomic E-state index is 12.3. The van der Waals surface area contributed by atoms with E-state index < -0.39 is 0 Å². The zero-order chi connectivity index (χ0) is 19.8. The van der Waals surface area contributed by atoms with Crippen molar-refractivity contribution in [3.63, 3.8) is 0 Å². The highest BCUT2D eigenvalue weighted by Crippen LogP contribution is 2.30. The van der Waals surface area contributed by atoms with Crippen molar-refractivity contribution in [3.05, 3.63) is 65.2 Å². The van der Waals surface area contributed by atoms with Gasteiger partial charge in [0, 0.05) is 26.4 Å². The molecule has 0 aliphatic carbocycles. The van der Waals surface area contributed by atoms with Gasteiger partial charge in [-0.25, -0.2) is 0 Å². The van der Waals surface area contributed by atoms with Gasteiger partial charge in [-0.2, -0.15) is 0 Å². The largest absolute Gasteiger partial charge is 0.354 e. The summed E-state index contributed by atoms with van der Waals surface area (Å²) >= 11 is 0. The third-order valence-electron chi connectivity index (χ3n) is 4.68. The number of anilines is 1. The standard InChI is InChI=1S/C23H30N2O2/c1-17(2)21-12-8-9-18(3)23(21)25(19(4)26)16-15-24-22(27)14-13-20-10-6-5-7-11-20/h5-12,17H,13-16H2,1-4H3,(H,24,27). The fraction of sp³-hybridized carbons (Fsp3) is 0.391. The van der Waals surface area contributed by atoms with E-state index in [1.807, 2.05) is 49.4 Å². The van der Waals surface area contributed by atoms with Gasteiger partial charge in [-0.1, -0.05) is 62.4 Å². The number of hydrogen-bond acceptors (Lipinski definition) is 2. The number of benzene rings is 2. The molecule has 2 aromatic carbocycles. The summed E-state index contributed by atoms with van der Waals surface area (Å²) in [5, 5.41) is 2.94. The van der Waals surface area contributed by atoms with Gasteiger partial charge in [-0.3, -0.25) is 9.59 Å². The van der Waals surface area contributed by atoms with E-state index in [9.17, 15) is 9.59 Å². The van der Waals surface area contributed by atoms with Gasteiger partial charge in [0.25, 0.3) is 0 Å². The van der Waals surface area contributed by atoms with Crippen LogP contribution in [0.25, 0.3) is 0 Å². The first-order valence-electron chi connectivity index (χ1n) is 9.58. The summed E-state index contributed by atoms with van der Waals surface area (Å²) in [6, 6.07) is 16.1. The molecule has 0 saturated heterocycles. The molecule has 1 N–H and O–H groups in total. The first-order valence-corrected chi connectivity index (χ1v) is 9.58. The van der Waals surface area contributed by atoms with Crippen molar-refractivity contribution < 1.29 is 9.59 Å². The summed E-state index contributed by atoms with van der Waals surface area (Å²) in [6.07, 6.45) is 1.17. The summed E-state index contributed by atoms with van der Waals surface area (Å²) in [6.45, 7) is 8.77. The fourth-order valence-electron chi connectivity index (χ4n) is 3.24. The topological polar surface area (TPSA) is 49.4 Å². The van der Waals surface area contributed by atoms with Gasteiger partial charge in [-0.05, 0) is 36.0 Å². The van der Waals surface area contributed by atoms with Crippen LogP contribution in [0.5, 0.6) is 0 Å². The lowest BCUT2D eigenvalue weighted by Crippen LogP contribution is -2.38. The van der Waals surface area contributed by atoms with Crippen LogP contribution in [0.2, 0.25) is 0 Å². The molecule has 144 valence electrons. The van der Waals surface area contributed by atoms with E-state index in [0.717, 1.165) is 28.8 Å². The molecule has 4 heteroatoms. The first-order chi connectivity index (χ1) is 12.9. The van der Waals surface area contributed by atoms with Crippen molar-refractivity contribution in [2.24, 2.45) is 0 Å². The van der Waals surface area contributed by atoms with Crippen molar-refractivity contribution in [1.29, 1.82) is 0 Å². The predicted octanol–water partition coefficient (Wildman–Crippen LogP) is 4.22. The van der Waals surface area contributed by atoms with Crippen LogP contribution < -0.4 is 10.2 Å². The van der Waals surface area contributed by atoms with Crippen molar-refractivity contribution in [1.82, 2.24) is 5.32 Å². The second-order valence-corrected chi connectivity index (χ2v) is 7.17. The molecule has 27 heavy (non-hydrogen) atoms. The second kappa shape index (κ2) is 9.91. The van der Waals surface area contributed by atoms with Gasteiger partial charge in [0.1, 0.15) is 0 Å². The lowest BCUT2D eigenvalue weighted by atomic mass is 9.97. The molecule has 0 aromatic heterocycles. The summed E-state index contributed by atoms with van der Waals surface area (Å²) in [5.74, 6) is 0.322. The van der Waals surface area contributed by atoms with Crippen LogP contribution in [-0.4, -0.2) is 24.9 Å². The molecule has 0 spiro atoms. The van der Waals surface area contributed by atoms with Crippen LogP contribution in [0.4, 0.5) is 5.69 Å². The Morgan fingerprint density at radius 2 is 1.74 bits per heavy atom. The Bertz CT molecular complexity index is 769. The summed E-state index contributed by atoms with van der Waals surface area (Å²) in [5.41, 5.74) is 4.35. The molecule has 0 fully saturated rings. The van der Waals surface area contributed by atoms with E-state index in [0.29, 0.717) is 25.4 Å². The minimum absolute atomic E-state index is 0.00951. The van der Waals surface area contributed by atoms with Gasteiger partial charge in [0.15, 0.2) is 0 Å². The number of para-hydroxylation sites is 1. The zero-order valence-electron chi connectivity index (χ0n) is 16.8. The number of aryl methyl sites for hydroxylation is 2. The summed E-state index contributed by atoms with van der Waals surface area (Å²) < 4.78 is 0. The Hall–Kier alpha value is -2.62. The molecule has 0 bridgehead atoms. The Balaban J connectivity index is 1.96. The van der Waals surface area contributed by atoms with Gasteiger partial charge in [-0.15, -0.1) is 0 Å². The molecule has 0 aliphatic heterocycles. The molecule has 2 aromatic rings. The van der Waals surface area contributed by atoms with E-state index in [2.05, 4.69) is 25.2 Å². The van der Waals surface area contributed by atoms with Crippen LogP contribution in [0.3, 0.4) is 0 Å². The average Bonchev–Trinajstić information content (AvgIpc) is 2.64. The number of nitrogens with zero attached hydrogens (tertiary/aromatic N) is 1. The first kappa shape index (κ1) is 20.7. The van der Waals surface area contributed by atoms with E-state index in [1.165, 1.54) is 0 Å². The summed E-state index contributed by atoms with van der Waals surface area (Å²) in [4.78, 5) is 26.2. The monoisotopic (exact) mass is 366 g/mol. The van der Waals surface area contributed by atoms with Gasteiger partial charge < -0.3 is 10.2 Å². The fourth-order valence-corrected chi connectivity index (χ4v) is 3.24. The SMILES string of the molecule is CC(=O)N(CCNC(=O)CCc1ccccc1)c1c(C)cccc1C(C)C. The lowest BCUT2D eigenvalue weighted by molar-refractivity contribution is -0.121. The normalized spacial score (nSPS) is 10.7. The van der Waals surface area contributed by atoms with Crippen LogP contribution in [0.1, 0.15) is 49.8 Å². The quantitative estimate of drug-likeness (QED) is 0.760. The number of hydrogen-bond donors (Lipinski definition) is 1.